The van der Waals surface area contributed by atoms with Gasteiger partial charge in [-0.3, -0.25) is 0 Å². The molecule has 0 fully saturated rings. The third-order valence-corrected chi connectivity index (χ3v) is 4.95. The Kier molecular flexibility index (Phi) is 9.32. The Bertz CT molecular complexity index is 581. The fourth-order valence-electron chi connectivity index (χ4n) is 3.61. The van der Waals surface area contributed by atoms with Crippen molar-refractivity contribution in [1.29, 1.82) is 0 Å². The van der Waals surface area contributed by atoms with Crippen molar-refractivity contribution in [3.8, 4) is 11.5 Å². The molecule has 0 aliphatic heterocycles. The molecule has 0 radical (unpaired) electrons. The summed E-state index contributed by atoms with van der Waals surface area (Å²) >= 11 is 0. The molecule has 3 heteroatoms. The summed E-state index contributed by atoms with van der Waals surface area (Å²) in [4.78, 5) is 0. The van der Waals surface area contributed by atoms with Gasteiger partial charge in [0.05, 0.1) is 0 Å². The first-order chi connectivity index (χ1) is 10.9. The van der Waals surface area contributed by atoms with Gasteiger partial charge in [-0.15, -0.1) is 11.5 Å². The molecule has 0 aromatic heterocycles. The molecule has 2 nitrogen and oxygen atoms in total. The predicted octanol–water partition coefficient (Wildman–Crippen LogP) is 1.59. The molecule has 0 N–H and O–H groups in total. The van der Waals surface area contributed by atoms with E-state index in [0.717, 1.165) is 49.7 Å². The number of aryl methyl sites for hydroxylation is 1. The molecule has 0 unspecified atom stereocenters. The van der Waals surface area contributed by atoms with Gasteiger partial charge in [0.1, 0.15) is 0 Å². The first kappa shape index (κ1) is 22.0. The SMILES string of the molecule is C=C(C)[C@@H]1CCC(C)=C[C@H]1c1c([O-])cc(CCCCC)cc1[O-].[K+]. The van der Waals surface area contributed by atoms with Gasteiger partial charge in [0.25, 0.3) is 0 Å². The summed E-state index contributed by atoms with van der Waals surface area (Å²) in [6.07, 6.45) is 8.22. The molecular weight excluding hydrogens is 323 g/mol. The molecule has 24 heavy (non-hydrogen) atoms. The number of hydrogen-bond donors (Lipinski definition) is 0. The summed E-state index contributed by atoms with van der Waals surface area (Å²) in [6.45, 7) is 10.3. The zero-order valence-electron chi connectivity index (χ0n) is 15.7. The second-order valence-electron chi connectivity index (χ2n) is 6.99. The van der Waals surface area contributed by atoms with Crippen LogP contribution in [0.3, 0.4) is 0 Å². The van der Waals surface area contributed by atoms with Crippen LogP contribution in [0.1, 0.15) is 69.9 Å². The van der Waals surface area contributed by atoms with Crippen LogP contribution in [0.2, 0.25) is 0 Å². The van der Waals surface area contributed by atoms with Crippen molar-refractivity contribution in [3.05, 3.63) is 47.1 Å². The largest absolute Gasteiger partial charge is 1.00 e. The van der Waals surface area contributed by atoms with Crippen LogP contribution < -0.4 is 61.6 Å². The first-order valence-electron chi connectivity index (χ1n) is 8.77. The Labute approximate surface area is 189 Å². The summed E-state index contributed by atoms with van der Waals surface area (Å²) in [7, 11) is 0. The number of allylic oxidation sites excluding steroid dienone is 3. The average Bonchev–Trinajstić information content (AvgIpc) is 2.46. The number of hydrogen-bond acceptors (Lipinski definition) is 2. The second kappa shape index (κ2) is 10.2. The standard InChI is InChI=1S/C21H30O2.K/c1-5-6-7-8-16-12-19(22)21(20(23)13-16)18-11-15(4)9-10-17(18)14(2)3;/h11-13,17-18,22-23H,2,5-10H2,1,3-4H3;/q;+1/p-2/t17-,18+;/m0./s1. The Hall–Kier alpha value is -0.0636. The molecule has 126 valence electrons. The van der Waals surface area contributed by atoms with E-state index in [1.807, 2.05) is 6.92 Å². The quantitative estimate of drug-likeness (QED) is 0.444. The zero-order chi connectivity index (χ0) is 17.0. The van der Waals surface area contributed by atoms with E-state index >= 15 is 0 Å². The Morgan fingerprint density at radius 2 is 1.83 bits per heavy atom. The maximum Gasteiger partial charge on any atom is 1.00 e. The molecule has 1 aliphatic rings. The van der Waals surface area contributed by atoms with Gasteiger partial charge in [0, 0.05) is 5.92 Å². The third-order valence-electron chi connectivity index (χ3n) is 4.95. The summed E-state index contributed by atoms with van der Waals surface area (Å²) in [6, 6.07) is 3.36. The summed E-state index contributed by atoms with van der Waals surface area (Å²) in [5.74, 6) is -0.0895. The third kappa shape index (κ3) is 5.47. The summed E-state index contributed by atoms with van der Waals surface area (Å²) < 4.78 is 0. The van der Waals surface area contributed by atoms with Crippen molar-refractivity contribution in [2.45, 2.75) is 65.2 Å². The maximum atomic E-state index is 12.6. The molecule has 0 saturated carbocycles. The minimum absolute atomic E-state index is 0. The van der Waals surface area contributed by atoms with Gasteiger partial charge in [-0.2, -0.15) is 0 Å². The van der Waals surface area contributed by atoms with Crippen LogP contribution in [0.25, 0.3) is 0 Å². The van der Waals surface area contributed by atoms with Crippen LogP contribution in [0, 0.1) is 5.92 Å². The minimum atomic E-state index is -0.106. The monoisotopic (exact) mass is 351 g/mol. The van der Waals surface area contributed by atoms with Crippen molar-refractivity contribution >= 4 is 0 Å². The molecule has 0 heterocycles. The van der Waals surface area contributed by atoms with Crippen molar-refractivity contribution in [1.82, 2.24) is 0 Å². The van der Waals surface area contributed by atoms with Crippen LogP contribution in [-0.4, -0.2) is 0 Å². The summed E-state index contributed by atoms with van der Waals surface area (Å²) in [5, 5.41) is 25.2. The van der Waals surface area contributed by atoms with E-state index in [4.69, 9.17) is 0 Å². The fraction of sp³-hybridized carbons (Fsp3) is 0.524. The van der Waals surface area contributed by atoms with E-state index in [9.17, 15) is 10.2 Å². The molecule has 2 rings (SSSR count). The van der Waals surface area contributed by atoms with Gasteiger partial charge < -0.3 is 10.2 Å². The van der Waals surface area contributed by atoms with Crippen LogP contribution >= 0.6 is 0 Å². The van der Waals surface area contributed by atoms with E-state index in [2.05, 4.69) is 26.5 Å². The molecule has 0 saturated heterocycles. The molecular formula is C21H28KO2-. The van der Waals surface area contributed by atoms with Crippen molar-refractivity contribution < 1.29 is 61.6 Å². The summed E-state index contributed by atoms with van der Waals surface area (Å²) in [5.41, 5.74) is 3.65. The molecule has 0 spiro atoms. The maximum absolute atomic E-state index is 12.6. The van der Waals surface area contributed by atoms with E-state index < -0.39 is 0 Å². The van der Waals surface area contributed by atoms with Gasteiger partial charge in [0.15, 0.2) is 0 Å². The topological polar surface area (TPSA) is 46.1 Å². The van der Waals surface area contributed by atoms with Gasteiger partial charge >= 0.3 is 51.4 Å². The predicted molar refractivity (Wildman–Crippen MR) is 92.6 cm³/mol. The second-order valence-corrected chi connectivity index (χ2v) is 6.99. The van der Waals surface area contributed by atoms with E-state index in [1.165, 1.54) is 5.57 Å². The number of benzene rings is 1. The van der Waals surface area contributed by atoms with Gasteiger partial charge in [-0.1, -0.05) is 61.3 Å². The molecule has 0 bridgehead atoms. The van der Waals surface area contributed by atoms with Crippen LogP contribution in [0.5, 0.6) is 11.5 Å². The average molecular weight is 352 g/mol. The van der Waals surface area contributed by atoms with Gasteiger partial charge in [0.2, 0.25) is 0 Å². The van der Waals surface area contributed by atoms with Crippen LogP contribution in [0.15, 0.2) is 35.9 Å². The number of unbranched alkanes of at least 4 members (excludes halogenated alkanes) is 2. The molecule has 0 amide bonds. The Morgan fingerprint density at radius 1 is 1.21 bits per heavy atom. The van der Waals surface area contributed by atoms with E-state index in [1.54, 1.807) is 12.1 Å². The Morgan fingerprint density at radius 3 is 2.38 bits per heavy atom. The van der Waals surface area contributed by atoms with Crippen molar-refractivity contribution in [2.24, 2.45) is 5.92 Å². The van der Waals surface area contributed by atoms with Gasteiger partial charge in [-0.05, 0) is 51.0 Å². The van der Waals surface area contributed by atoms with Crippen LogP contribution in [0.4, 0.5) is 0 Å². The fourth-order valence-corrected chi connectivity index (χ4v) is 3.61. The smallest absolute Gasteiger partial charge is 0.872 e. The van der Waals surface area contributed by atoms with Gasteiger partial charge in [-0.25, -0.2) is 0 Å². The van der Waals surface area contributed by atoms with Crippen molar-refractivity contribution in [3.63, 3.8) is 0 Å². The zero-order valence-corrected chi connectivity index (χ0v) is 18.8. The van der Waals surface area contributed by atoms with Crippen LogP contribution in [-0.2, 0) is 6.42 Å². The Balaban J connectivity index is 0.00000288. The molecule has 1 aromatic carbocycles. The number of rotatable bonds is 6. The minimum Gasteiger partial charge on any atom is -0.872 e. The van der Waals surface area contributed by atoms with E-state index in [0.29, 0.717) is 5.56 Å². The molecule has 1 aromatic rings. The molecule has 2 atom stereocenters. The van der Waals surface area contributed by atoms with Crippen molar-refractivity contribution in [2.75, 3.05) is 0 Å². The normalized spacial score (nSPS) is 20.2. The first-order valence-corrected chi connectivity index (χ1v) is 8.77. The molecule has 1 aliphatic carbocycles. The van der Waals surface area contributed by atoms with E-state index in [-0.39, 0.29) is 74.7 Å².